The maximum Gasteiger partial charge on any atom is 0.0455 e. The number of halogens is 1. The Balaban J connectivity index is 2.20. The Bertz CT molecular complexity index is 380. The molecule has 0 fully saturated rings. The van der Waals surface area contributed by atoms with Gasteiger partial charge in [-0.2, -0.15) is 0 Å². The van der Waals surface area contributed by atoms with E-state index in [9.17, 15) is 0 Å². The van der Waals surface area contributed by atoms with Gasteiger partial charge >= 0.3 is 0 Å². The zero-order chi connectivity index (χ0) is 12.3. The van der Waals surface area contributed by atoms with E-state index in [1.807, 2.05) is 17.8 Å². The number of hydrogen-bond donors (Lipinski definition) is 1. The van der Waals surface area contributed by atoms with Gasteiger partial charge in [0.15, 0.2) is 0 Å². The van der Waals surface area contributed by atoms with E-state index in [2.05, 4.69) is 31.3 Å². The topological polar surface area (TPSA) is 12.0 Å². The van der Waals surface area contributed by atoms with Gasteiger partial charge in [0, 0.05) is 21.2 Å². The first-order valence-electron chi connectivity index (χ1n) is 6.45. The highest BCUT2D eigenvalue weighted by atomic mass is 35.5. The molecule has 94 valence electrons. The van der Waals surface area contributed by atoms with Crippen molar-refractivity contribution in [1.82, 2.24) is 5.32 Å². The first-order valence-corrected chi connectivity index (χ1v) is 7.71. The summed E-state index contributed by atoms with van der Waals surface area (Å²) < 4.78 is 0. The van der Waals surface area contributed by atoms with Crippen molar-refractivity contribution in [3.8, 4) is 0 Å². The van der Waals surface area contributed by atoms with Crippen LogP contribution in [0.3, 0.4) is 0 Å². The lowest BCUT2D eigenvalue weighted by Crippen LogP contribution is -2.27. The van der Waals surface area contributed by atoms with E-state index in [-0.39, 0.29) is 0 Å². The molecule has 0 saturated carbocycles. The van der Waals surface area contributed by atoms with Gasteiger partial charge in [0.25, 0.3) is 0 Å². The van der Waals surface area contributed by atoms with Crippen LogP contribution in [0.1, 0.15) is 44.7 Å². The van der Waals surface area contributed by atoms with E-state index in [0.717, 1.165) is 11.6 Å². The molecule has 1 N–H and O–H groups in total. The first kappa shape index (κ1) is 13.3. The number of rotatable bonds is 5. The molecule has 1 heterocycles. The summed E-state index contributed by atoms with van der Waals surface area (Å²) in [6.45, 7) is 5.55. The molecule has 2 unspecified atom stereocenters. The second-order valence-corrected chi connectivity index (χ2v) is 6.28. The van der Waals surface area contributed by atoms with Crippen molar-refractivity contribution in [3.05, 3.63) is 28.8 Å². The molecule has 0 amide bonds. The molecule has 0 aliphatic carbocycles. The van der Waals surface area contributed by atoms with Crippen LogP contribution in [0.15, 0.2) is 23.1 Å². The van der Waals surface area contributed by atoms with Crippen LogP contribution in [0.25, 0.3) is 0 Å². The van der Waals surface area contributed by atoms with Gasteiger partial charge in [-0.15, -0.1) is 11.8 Å². The van der Waals surface area contributed by atoms with Crippen LogP contribution < -0.4 is 5.32 Å². The third kappa shape index (κ3) is 2.98. The number of nitrogens with one attached hydrogen (secondary N) is 1. The van der Waals surface area contributed by atoms with Crippen molar-refractivity contribution in [2.75, 3.05) is 6.54 Å². The molecular formula is C14H20ClNS. The smallest absolute Gasteiger partial charge is 0.0455 e. The van der Waals surface area contributed by atoms with E-state index >= 15 is 0 Å². The van der Waals surface area contributed by atoms with Crippen LogP contribution in [-0.2, 0) is 0 Å². The Kier molecular flexibility index (Phi) is 4.78. The summed E-state index contributed by atoms with van der Waals surface area (Å²) >= 11 is 8.12. The summed E-state index contributed by atoms with van der Waals surface area (Å²) in [6.07, 6.45) is 3.68. The summed E-state index contributed by atoms with van der Waals surface area (Å²) in [5.41, 5.74) is 1.40. The molecule has 0 spiro atoms. The second-order valence-electron chi connectivity index (χ2n) is 4.56. The summed E-state index contributed by atoms with van der Waals surface area (Å²) in [5.74, 6) is 0. The molecular weight excluding hydrogens is 250 g/mol. The van der Waals surface area contributed by atoms with Crippen LogP contribution >= 0.6 is 23.4 Å². The Morgan fingerprint density at radius 1 is 1.29 bits per heavy atom. The van der Waals surface area contributed by atoms with Crippen LogP contribution in [0.5, 0.6) is 0 Å². The minimum Gasteiger partial charge on any atom is -0.309 e. The van der Waals surface area contributed by atoms with Crippen LogP contribution in [0.2, 0.25) is 5.02 Å². The van der Waals surface area contributed by atoms with Crippen molar-refractivity contribution in [2.24, 2.45) is 0 Å². The SMILES string of the molecule is CCCNC1c2cc(Cl)ccc2SC1CCC. The molecule has 0 bridgehead atoms. The van der Waals surface area contributed by atoms with Crippen LogP contribution in [0, 0.1) is 0 Å². The zero-order valence-electron chi connectivity index (χ0n) is 10.5. The number of thioether (sulfide) groups is 1. The first-order chi connectivity index (χ1) is 8.26. The summed E-state index contributed by atoms with van der Waals surface area (Å²) in [4.78, 5) is 1.40. The average Bonchev–Trinajstić information content (AvgIpc) is 2.64. The van der Waals surface area contributed by atoms with Crippen molar-refractivity contribution in [3.63, 3.8) is 0 Å². The predicted octanol–water partition coefficient (Wildman–Crippen LogP) is 4.66. The molecule has 1 aromatic rings. The molecule has 1 aromatic carbocycles. The quantitative estimate of drug-likeness (QED) is 0.835. The highest BCUT2D eigenvalue weighted by Gasteiger charge is 2.32. The van der Waals surface area contributed by atoms with Crippen molar-refractivity contribution in [2.45, 2.75) is 49.3 Å². The lowest BCUT2D eigenvalue weighted by atomic mass is 10.0. The fraction of sp³-hybridized carbons (Fsp3) is 0.571. The summed E-state index contributed by atoms with van der Waals surface area (Å²) in [7, 11) is 0. The molecule has 1 aliphatic heterocycles. The van der Waals surface area contributed by atoms with E-state index < -0.39 is 0 Å². The Morgan fingerprint density at radius 2 is 2.12 bits per heavy atom. The maximum atomic E-state index is 6.11. The maximum absolute atomic E-state index is 6.11. The van der Waals surface area contributed by atoms with Gasteiger partial charge in [0.2, 0.25) is 0 Å². The molecule has 1 nitrogen and oxygen atoms in total. The normalized spacial score (nSPS) is 22.8. The van der Waals surface area contributed by atoms with E-state index in [4.69, 9.17) is 11.6 Å². The largest absolute Gasteiger partial charge is 0.309 e. The van der Waals surface area contributed by atoms with Gasteiger partial charge < -0.3 is 5.32 Å². The minimum atomic E-state index is 0.480. The van der Waals surface area contributed by atoms with Gasteiger partial charge in [0.05, 0.1) is 0 Å². The Morgan fingerprint density at radius 3 is 2.82 bits per heavy atom. The lowest BCUT2D eigenvalue weighted by Gasteiger charge is -2.20. The lowest BCUT2D eigenvalue weighted by molar-refractivity contribution is 0.498. The third-order valence-electron chi connectivity index (χ3n) is 3.14. The zero-order valence-corrected chi connectivity index (χ0v) is 12.1. The Hall–Kier alpha value is -0.180. The summed E-state index contributed by atoms with van der Waals surface area (Å²) in [6, 6.07) is 6.78. The van der Waals surface area contributed by atoms with Crippen LogP contribution in [-0.4, -0.2) is 11.8 Å². The highest BCUT2D eigenvalue weighted by molar-refractivity contribution is 8.00. The van der Waals surface area contributed by atoms with Gasteiger partial charge in [-0.1, -0.05) is 31.9 Å². The number of fused-ring (bicyclic) bond motifs is 1. The molecule has 1 aliphatic rings. The van der Waals surface area contributed by atoms with Gasteiger partial charge in [0.1, 0.15) is 0 Å². The van der Waals surface area contributed by atoms with E-state index in [1.165, 1.54) is 29.7 Å². The van der Waals surface area contributed by atoms with E-state index in [0.29, 0.717) is 11.3 Å². The van der Waals surface area contributed by atoms with Gasteiger partial charge in [-0.3, -0.25) is 0 Å². The summed E-state index contributed by atoms with van der Waals surface area (Å²) in [5, 5.41) is 5.19. The standard InChI is InChI=1S/C14H20ClNS/c1-3-5-13-14(16-8-4-2)11-9-10(15)6-7-12(11)17-13/h6-7,9,13-14,16H,3-5,8H2,1-2H3. The molecule has 0 aromatic heterocycles. The molecule has 0 radical (unpaired) electrons. The van der Waals surface area contributed by atoms with Crippen molar-refractivity contribution in [1.29, 1.82) is 0 Å². The fourth-order valence-electron chi connectivity index (χ4n) is 2.35. The molecule has 3 heteroatoms. The van der Waals surface area contributed by atoms with Crippen molar-refractivity contribution < 1.29 is 0 Å². The van der Waals surface area contributed by atoms with Crippen molar-refractivity contribution >= 4 is 23.4 Å². The van der Waals surface area contributed by atoms with Gasteiger partial charge in [-0.05, 0) is 43.1 Å². The van der Waals surface area contributed by atoms with Gasteiger partial charge in [-0.25, -0.2) is 0 Å². The fourth-order valence-corrected chi connectivity index (χ4v) is 4.06. The number of hydrogen-bond acceptors (Lipinski definition) is 2. The van der Waals surface area contributed by atoms with Crippen LogP contribution in [0.4, 0.5) is 0 Å². The third-order valence-corrected chi connectivity index (χ3v) is 4.82. The average molecular weight is 270 g/mol. The van der Waals surface area contributed by atoms with E-state index in [1.54, 1.807) is 0 Å². The predicted molar refractivity (Wildman–Crippen MR) is 77.0 cm³/mol. The number of benzene rings is 1. The molecule has 0 saturated heterocycles. The second kappa shape index (κ2) is 6.12. The monoisotopic (exact) mass is 269 g/mol. The molecule has 2 rings (SSSR count). The molecule has 17 heavy (non-hydrogen) atoms. The molecule has 2 atom stereocenters. The minimum absolute atomic E-state index is 0.480. The highest BCUT2D eigenvalue weighted by Crippen LogP contribution is 2.46. The Labute approximate surface area is 113 Å².